The largest absolute Gasteiger partial charge is 0.433 e. The number of hydrogen-bond acceptors (Lipinski definition) is 4. The highest BCUT2D eigenvalue weighted by Crippen LogP contribution is 2.43. The van der Waals surface area contributed by atoms with E-state index in [0.29, 0.717) is 0 Å². The predicted molar refractivity (Wildman–Crippen MR) is 305 cm³/mol. The zero-order chi connectivity index (χ0) is 47.6. The maximum Gasteiger partial charge on any atom is 0.311 e. The maximum absolute atomic E-state index is 7.10. The summed E-state index contributed by atoms with van der Waals surface area (Å²) in [6.07, 6.45) is 17.6. The molecule has 0 N–H and O–H groups in total. The topological polar surface area (TPSA) is 24.9 Å². The van der Waals surface area contributed by atoms with Crippen molar-refractivity contribution in [2.45, 2.75) is 39.3 Å². The van der Waals surface area contributed by atoms with Crippen molar-refractivity contribution in [2.75, 3.05) is 9.80 Å². The Hall–Kier alpha value is -7.11. The lowest BCUT2D eigenvalue weighted by molar-refractivity contribution is 0.401. The van der Waals surface area contributed by atoms with Crippen LogP contribution < -0.4 is 20.2 Å². The van der Waals surface area contributed by atoms with Gasteiger partial charge in [0.25, 0.3) is 0 Å². The molecule has 8 aromatic carbocycles. The SMILES string of the molecule is C[Si](C)(O[Si](C)(C)c1ccc(/C=C/c2ccc(N3c4ccccc4C=Cc4ccccc43)cc2)cc1)O[Si](C)(C)c1ccc(/C=C/c2ccc(N3c4ccccc4C=Cc4ccccc43)cc2)cc1. The van der Waals surface area contributed by atoms with Gasteiger partial charge in [-0.25, -0.2) is 0 Å². The van der Waals surface area contributed by atoms with Crippen molar-refractivity contribution in [3.8, 4) is 0 Å². The molecule has 2 aliphatic rings. The van der Waals surface area contributed by atoms with Crippen LogP contribution in [0, 0.1) is 0 Å². The molecule has 0 spiro atoms. The molecule has 0 saturated carbocycles. The number of para-hydroxylation sites is 4. The Kier molecular flexibility index (Phi) is 12.6. The van der Waals surface area contributed by atoms with E-state index in [1.54, 1.807) is 0 Å². The van der Waals surface area contributed by atoms with Gasteiger partial charge in [-0.3, -0.25) is 0 Å². The Morgan fingerprint density at radius 1 is 0.304 bits per heavy atom. The maximum atomic E-state index is 7.10. The monoisotopic (exact) mass is 946 g/mol. The molecular formula is C62H58N2O2Si3. The lowest BCUT2D eigenvalue weighted by atomic mass is 10.1. The first-order valence-corrected chi connectivity index (χ1v) is 32.5. The molecule has 340 valence electrons. The number of benzene rings is 8. The van der Waals surface area contributed by atoms with Crippen LogP contribution in [0.5, 0.6) is 0 Å². The van der Waals surface area contributed by atoms with E-state index in [-0.39, 0.29) is 0 Å². The molecule has 69 heavy (non-hydrogen) atoms. The van der Waals surface area contributed by atoms with Crippen molar-refractivity contribution >= 4 is 118 Å². The van der Waals surface area contributed by atoms with Crippen molar-refractivity contribution in [1.29, 1.82) is 0 Å². The molecule has 7 heteroatoms. The molecule has 4 nitrogen and oxygen atoms in total. The Labute approximate surface area is 412 Å². The summed E-state index contributed by atoms with van der Waals surface area (Å²) >= 11 is 0. The number of rotatable bonds is 12. The third-order valence-corrected chi connectivity index (χ3v) is 24.5. The van der Waals surface area contributed by atoms with Gasteiger partial charge in [0.05, 0.1) is 22.7 Å². The van der Waals surface area contributed by atoms with E-state index in [0.717, 1.165) is 33.6 Å². The van der Waals surface area contributed by atoms with Crippen LogP contribution in [-0.4, -0.2) is 25.2 Å². The normalized spacial score (nSPS) is 13.5. The van der Waals surface area contributed by atoms with E-state index in [2.05, 4.69) is 292 Å². The van der Waals surface area contributed by atoms with Gasteiger partial charge in [0.15, 0.2) is 0 Å². The molecule has 2 aliphatic heterocycles. The van der Waals surface area contributed by atoms with E-state index in [1.165, 1.54) is 55.4 Å². The van der Waals surface area contributed by atoms with Gasteiger partial charge in [0.1, 0.15) is 0 Å². The standard InChI is InChI=1S/C62H58N2O2Si3/c1-67(2,57-43-31-49(32-44-57)25-23-47-27-39-55(40-28-47)63-59-19-11-7-15-51(59)35-36-52-16-8-12-20-60(52)63)65-69(5,6)66-68(3,4)58-45-33-50(34-46-58)26-24-48-29-41-56(42-30-48)64-61-21-13-9-17-53(61)37-38-54-18-10-14-22-62(54)64/h7-46H,1-6H3/b25-23+,26-24+. The van der Waals surface area contributed by atoms with Gasteiger partial charge in [0, 0.05) is 11.4 Å². The average molecular weight is 947 g/mol. The quantitative estimate of drug-likeness (QED) is 0.0900. The van der Waals surface area contributed by atoms with Crippen LogP contribution >= 0.6 is 0 Å². The van der Waals surface area contributed by atoms with E-state index < -0.39 is 25.2 Å². The number of anilines is 6. The van der Waals surface area contributed by atoms with Crippen LogP contribution in [0.25, 0.3) is 48.6 Å². The Bertz CT molecular complexity index is 2920. The second-order valence-corrected chi connectivity index (χ2v) is 30.9. The number of hydrogen-bond donors (Lipinski definition) is 0. The van der Waals surface area contributed by atoms with Gasteiger partial charge < -0.3 is 18.0 Å². The molecule has 0 unspecified atom stereocenters. The van der Waals surface area contributed by atoms with E-state index in [9.17, 15) is 0 Å². The highest BCUT2D eigenvalue weighted by molar-refractivity contribution is 6.95. The Morgan fingerprint density at radius 2 is 0.551 bits per heavy atom. The third-order valence-electron chi connectivity index (χ3n) is 13.0. The predicted octanol–water partition coefficient (Wildman–Crippen LogP) is 16.2. The van der Waals surface area contributed by atoms with Gasteiger partial charge in [-0.2, -0.15) is 0 Å². The van der Waals surface area contributed by atoms with Crippen molar-refractivity contribution in [3.05, 3.63) is 239 Å². The molecular weight excluding hydrogens is 889 g/mol. The lowest BCUT2D eigenvalue weighted by Gasteiger charge is -2.39. The van der Waals surface area contributed by atoms with E-state index in [1.807, 2.05) is 0 Å². The molecule has 0 atom stereocenters. The molecule has 2 heterocycles. The number of nitrogens with zero attached hydrogens (tertiary/aromatic N) is 2. The van der Waals surface area contributed by atoms with Crippen LogP contribution in [0.1, 0.15) is 44.5 Å². The minimum Gasteiger partial charge on any atom is -0.433 e. The van der Waals surface area contributed by atoms with Crippen LogP contribution in [-0.2, 0) is 8.23 Å². The average Bonchev–Trinajstić information content (AvgIpc) is 3.63. The highest BCUT2D eigenvalue weighted by atomic mass is 28.5. The van der Waals surface area contributed by atoms with E-state index >= 15 is 0 Å². The van der Waals surface area contributed by atoms with Crippen molar-refractivity contribution < 1.29 is 8.23 Å². The zero-order valence-electron chi connectivity index (χ0n) is 40.3. The molecule has 0 amide bonds. The summed E-state index contributed by atoms with van der Waals surface area (Å²) in [7, 11) is -7.10. The summed E-state index contributed by atoms with van der Waals surface area (Å²) in [4.78, 5) is 4.71. The molecule has 0 saturated heterocycles. The van der Waals surface area contributed by atoms with Crippen LogP contribution in [0.4, 0.5) is 34.1 Å². The smallest absolute Gasteiger partial charge is 0.311 e. The molecule has 8 aromatic rings. The first-order chi connectivity index (χ1) is 33.4. The summed E-state index contributed by atoms with van der Waals surface area (Å²) in [5, 5.41) is 2.53. The summed E-state index contributed by atoms with van der Waals surface area (Å²) in [6, 6.07) is 69.8. The molecule has 0 aromatic heterocycles. The van der Waals surface area contributed by atoms with Gasteiger partial charge >= 0.3 is 8.56 Å². The molecule has 0 aliphatic carbocycles. The first-order valence-electron chi connectivity index (χ1n) is 23.9. The lowest BCUT2D eigenvalue weighted by Crippen LogP contribution is -2.59. The summed E-state index contributed by atoms with van der Waals surface area (Å²) in [5.41, 5.74) is 16.4. The summed E-state index contributed by atoms with van der Waals surface area (Å²) < 4.78 is 14.2. The van der Waals surface area contributed by atoms with Gasteiger partial charge in [-0.1, -0.05) is 194 Å². The first kappa shape index (κ1) is 45.7. The van der Waals surface area contributed by atoms with E-state index in [4.69, 9.17) is 8.23 Å². The van der Waals surface area contributed by atoms with Gasteiger partial charge in [-0.05, 0) is 143 Å². The second kappa shape index (κ2) is 19.1. The van der Waals surface area contributed by atoms with Crippen molar-refractivity contribution in [1.82, 2.24) is 0 Å². The zero-order valence-corrected chi connectivity index (χ0v) is 43.3. The Balaban J connectivity index is 0.757. The fourth-order valence-electron chi connectivity index (χ4n) is 9.72. The van der Waals surface area contributed by atoms with Crippen molar-refractivity contribution in [3.63, 3.8) is 0 Å². The van der Waals surface area contributed by atoms with Crippen LogP contribution in [0.3, 0.4) is 0 Å². The number of fused-ring (bicyclic) bond motifs is 4. The summed E-state index contributed by atoms with van der Waals surface area (Å²) in [5.74, 6) is 0. The minimum atomic E-state index is -2.52. The van der Waals surface area contributed by atoms with Gasteiger partial charge in [-0.15, -0.1) is 0 Å². The van der Waals surface area contributed by atoms with Crippen molar-refractivity contribution in [2.24, 2.45) is 0 Å². The fourth-order valence-corrected chi connectivity index (χ4v) is 23.0. The Morgan fingerprint density at radius 3 is 0.826 bits per heavy atom. The van der Waals surface area contributed by atoms with Gasteiger partial charge in [0.2, 0.25) is 16.6 Å². The summed E-state index contributed by atoms with van der Waals surface area (Å²) in [6.45, 7) is 13.6. The molecule has 0 bridgehead atoms. The molecule has 0 radical (unpaired) electrons. The van der Waals surface area contributed by atoms with Crippen LogP contribution in [0.2, 0.25) is 39.3 Å². The van der Waals surface area contributed by atoms with Crippen LogP contribution in [0.15, 0.2) is 194 Å². The fraction of sp³-hybridized carbons (Fsp3) is 0.0968. The second-order valence-electron chi connectivity index (χ2n) is 19.3. The molecule has 0 fully saturated rings. The molecule has 10 rings (SSSR count). The third kappa shape index (κ3) is 10.1. The highest BCUT2D eigenvalue weighted by Gasteiger charge is 2.41. The minimum absolute atomic E-state index is 1.13.